The summed E-state index contributed by atoms with van der Waals surface area (Å²) in [4.78, 5) is 0. The Morgan fingerprint density at radius 1 is 1.60 bits per heavy atom. The molecule has 0 spiro atoms. The van der Waals surface area contributed by atoms with Crippen molar-refractivity contribution in [3.05, 3.63) is 0 Å². The monoisotopic (exact) mass is 142 g/mol. The van der Waals surface area contributed by atoms with Crippen molar-refractivity contribution in [1.82, 2.24) is 10.6 Å². The first-order valence-electron chi connectivity index (χ1n) is 4.31. The van der Waals surface area contributed by atoms with E-state index in [4.69, 9.17) is 0 Å². The van der Waals surface area contributed by atoms with Crippen molar-refractivity contribution >= 4 is 0 Å². The summed E-state index contributed by atoms with van der Waals surface area (Å²) in [6, 6.07) is 1.37. The summed E-state index contributed by atoms with van der Waals surface area (Å²) in [5, 5.41) is 6.93. The van der Waals surface area contributed by atoms with Crippen molar-refractivity contribution in [2.75, 3.05) is 13.1 Å². The Morgan fingerprint density at radius 3 is 3.00 bits per heavy atom. The number of hydrogen-bond donors (Lipinski definition) is 2. The number of rotatable bonds is 2. The summed E-state index contributed by atoms with van der Waals surface area (Å²) in [7, 11) is 0. The van der Waals surface area contributed by atoms with Crippen molar-refractivity contribution in [3.63, 3.8) is 0 Å². The van der Waals surface area contributed by atoms with Gasteiger partial charge in [0.05, 0.1) is 0 Å². The van der Waals surface area contributed by atoms with Crippen molar-refractivity contribution in [1.29, 1.82) is 0 Å². The lowest BCUT2D eigenvalue weighted by Crippen LogP contribution is -2.50. The third kappa shape index (κ3) is 1.96. The lowest BCUT2D eigenvalue weighted by Gasteiger charge is -2.30. The molecule has 2 atom stereocenters. The highest BCUT2D eigenvalue weighted by Gasteiger charge is 2.18. The van der Waals surface area contributed by atoms with E-state index >= 15 is 0 Å². The van der Waals surface area contributed by atoms with Gasteiger partial charge in [0, 0.05) is 12.1 Å². The number of hydrogen-bond acceptors (Lipinski definition) is 2. The van der Waals surface area contributed by atoms with Crippen LogP contribution >= 0.6 is 0 Å². The first-order valence-corrected chi connectivity index (χ1v) is 4.31. The molecule has 2 heteroatoms. The lowest BCUT2D eigenvalue weighted by molar-refractivity contribution is 0.322. The van der Waals surface area contributed by atoms with Gasteiger partial charge < -0.3 is 10.6 Å². The molecule has 0 radical (unpaired) electrons. The minimum absolute atomic E-state index is 0.661. The lowest BCUT2D eigenvalue weighted by atomic mass is 10.0. The van der Waals surface area contributed by atoms with Crippen molar-refractivity contribution < 1.29 is 0 Å². The Morgan fingerprint density at radius 2 is 2.40 bits per heavy atom. The maximum Gasteiger partial charge on any atom is 0.0218 e. The normalized spacial score (nSPS) is 34.2. The zero-order chi connectivity index (χ0) is 7.40. The van der Waals surface area contributed by atoms with Crippen LogP contribution in [0.3, 0.4) is 0 Å². The van der Waals surface area contributed by atoms with Crippen LogP contribution < -0.4 is 10.6 Å². The van der Waals surface area contributed by atoms with E-state index in [0.717, 1.165) is 6.54 Å². The molecular weight excluding hydrogens is 124 g/mol. The summed E-state index contributed by atoms with van der Waals surface area (Å²) in [6.45, 7) is 6.72. The van der Waals surface area contributed by atoms with Crippen LogP contribution in [0.1, 0.15) is 26.7 Å². The molecule has 0 aromatic heterocycles. The minimum Gasteiger partial charge on any atom is -0.313 e. The van der Waals surface area contributed by atoms with Gasteiger partial charge in [-0.1, -0.05) is 6.92 Å². The van der Waals surface area contributed by atoms with Gasteiger partial charge in [-0.15, -0.1) is 0 Å². The van der Waals surface area contributed by atoms with E-state index in [1.54, 1.807) is 0 Å². The topological polar surface area (TPSA) is 24.1 Å². The number of nitrogens with one attached hydrogen (secondary N) is 2. The number of piperidine rings is 1. The second-order valence-corrected chi connectivity index (χ2v) is 3.05. The van der Waals surface area contributed by atoms with Crippen LogP contribution in [0.25, 0.3) is 0 Å². The van der Waals surface area contributed by atoms with Gasteiger partial charge in [0.1, 0.15) is 0 Å². The smallest absolute Gasteiger partial charge is 0.0218 e. The molecule has 1 fully saturated rings. The van der Waals surface area contributed by atoms with Crippen molar-refractivity contribution in [2.45, 2.75) is 38.8 Å². The summed E-state index contributed by atoms with van der Waals surface area (Å²) in [5.41, 5.74) is 0. The summed E-state index contributed by atoms with van der Waals surface area (Å²) < 4.78 is 0. The molecule has 0 saturated carbocycles. The van der Waals surface area contributed by atoms with E-state index in [1.165, 1.54) is 19.4 Å². The molecule has 60 valence electrons. The predicted molar refractivity (Wildman–Crippen MR) is 44.2 cm³/mol. The molecule has 0 aromatic rings. The Kier molecular flexibility index (Phi) is 3.16. The molecule has 2 N–H and O–H groups in total. The fourth-order valence-electron chi connectivity index (χ4n) is 1.58. The average Bonchev–Trinajstić information content (AvgIpc) is 1.94. The van der Waals surface area contributed by atoms with Crippen LogP contribution in [-0.4, -0.2) is 25.2 Å². The van der Waals surface area contributed by atoms with Crippen molar-refractivity contribution in [3.8, 4) is 0 Å². The van der Waals surface area contributed by atoms with E-state index in [-0.39, 0.29) is 0 Å². The second kappa shape index (κ2) is 3.94. The Balaban J connectivity index is 2.25. The van der Waals surface area contributed by atoms with Crippen LogP contribution in [0.4, 0.5) is 0 Å². The van der Waals surface area contributed by atoms with Gasteiger partial charge in [-0.3, -0.25) is 0 Å². The van der Waals surface area contributed by atoms with E-state index in [1.807, 2.05) is 0 Å². The molecule has 0 bridgehead atoms. The van der Waals surface area contributed by atoms with Gasteiger partial charge in [-0.25, -0.2) is 0 Å². The maximum absolute atomic E-state index is 3.47. The molecule has 0 unspecified atom stereocenters. The first kappa shape index (κ1) is 8.02. The Bertz CT molecular complexity index is 91.3. The molecule has 0 aliphatic carbocycles. The SMILES string of the molecule is CCN[C@H]1CCCN[C@H]1C. The average molecular weight is 142 g/mol. The number of likely N-dealkylation sites (N-methyl/N-ethyl adjacent to an activating group) is 1. The van der Waals surface area contributed by atoms with Gasteiger partial charge in [-0.2, -0.15) is 0 Å². The largest absolute Gasteiger partial charge is 0.313 e. The molecule has 1 aliphatic heterocycles. The summed E-state index contributed by atoms with van der Waals surface area (Å²) >= 11 is 0. The summed E-state index contributed by atoms with van der Waals surface area (Å²) in [5.74, 6) is 0. The molecule has 1 rings (SSSR count). The molecular formula is C8H18N2. The van der Waals surface area contributed by atoms with Gasteiger partial charge in [0.2, 0.25) is 0 Å². The van der Waals surface area contributed by atoms with E-state index < -0.39 is 0 Å². The zero-order valence-corrected chi connectivity index (χ0v) is 6.98. The quantitative estimate of drug-likeness (QED) is 0.594. The highest BCUT2D eigenvalue weighted by Crippen LogP contribution is 2.07. The molecule has 1 aliphatic rings. The van der Waals surface area contributed by atoms with Crippen LogP contribution in [0, 0.1) is 0 Å². The highest BCUT2D eigenvalue weighted by molar-refractivity contribution is 4.82. The maximum atomic E-state index is 3.47. The molecule has 1 heterocycles. The van der Waals surface area contributed by atoms with Crippen LogP contribution in [0.2, 0.25) is 0 Å². The Labute approximate surface area is 63.4 Å². The molecule has 0 aromatic carbocycles. The van der Waals surface area contributed by atoms with E-state index in [9.17, 15) is 0 Å². The van der Waals surface area contributed by atoms with Crippen molar-refractivity contribution in [2.24, 2.45) is 0 Å². The Hall–Kier alpha value is -0.0800. The second-order valence-electron chi connectivity index (χ2n) is 3.05. The third-order valence-corrected chi connectivity index (χ3v) is 2.23. The van der Waals surface area contributed by atoms with Crippen LogP contribution in [-0.2, 0) is 0 Å². The van der Waals surface area contributed by atoms with Crippen LogP contribution in [0.5, 0.6) is 0 Å². The molecule has 2 nitrogen and oxygen atoms in total. The van der Waals surface area contributed by atoms with Gasteiger partial charge in [-0.05, 0) is 32.9 Å². The van der Waals surface area contributed by atoms with Gasteiger partial charge in [0.15, 0.2) is 0 Å². The third-order valence-electron chi connectivity index (χ3n) is 2.23. The molecule has 0 amide bonds. The van der Waals surface area contributed by atoms with Gasteiger partial charge in [0.25, 0.3) is 0 Å². The minimum atomic E-state index is 0.661. The first-order chi connectivity index (χ1) is 4.84. The summed E-state index contributed by atoms with van der Waals surface area (Å²) in [6.07, 6.45) is 2.66. The highest BCUT2D eigenvalue weighted by atomic mass is 15.0. The molecule has 10 heavy (non-hydrogen) atoms. The fraction of sp³-hybridized carbons (Fsp3) is 1.00. The van der Waals surface area contributed by atoms with Gasteiger partial charge >= 0.3 is 0 Å². The van der Waals surface area contributed by atoms with Crippen LogP contribution in [0.15, 0.2) is 0 Å². The van der Waals surface area contributed by atoms with E-state index in [2.05, 4.69) is 24.5 Å². The predicted octanol–water partition coefficient (Wildman–Crippen LogP) is 0.736. The zero-order valence-electron chi connectivity index (χ0n) is 6.98. The van der Waals surface area contributed by atoms with E-state index in [0.29, 0.717) is 12.1 Å². The standard InChI is InChI=1S/C8H18N2/c1-3-9-8-5-4-6-10-7(8)2/h7-10H,3-6H2,1-2H3/t7-,8-/m0/s1. The molecule has 1 saturated heterocycles. The fourth-order valence-corrected chi connectivity index (χ4v) is 1.58.